The number of aliphatic imine (C=N–C) groups is 1. The molecule has 1 radical (unpaired) electrons. The summed E-state index contributed by atoms with van der Waals surface area (Å²) < 4.78 is 0. The number of hydrogen-bond donors (Lipinski definition) is 0. The van der Waals surface area contributed by atoms with Crippen LogP contribution in [0.4, 0.5) is 0 Å². The molecule has 0 aromatic rings. The fourth-order valence-electron chi connectivity index (χ4n) is 1.19. The van der Waals surface area contributed by atoms with Gasteiger partial charge >= 0.3 is 0 Å². The van der Waals surface area contributed by atoms with Crippen molar-refractivity contribution in [1.82, 2.24) is 5.32 Å². The van der Waals surface area contributed by atoms with Gasteiger partial charge in [0.15, 0.2) is 5.17 Å². The maximum Gasteiger partial charge on any atom is 0.251 e. The number of amides is 1. The topological polar surface area (TPSA) is 43.5 Å². The molecule has 1 aliphatic carbocycles. The first kappa shape index (κ1) is 9.06. The lowest BCUT2D eigenvalue weighted by atomic mass is 10.3. The molecule has 13 heavy (non-hydrogen) atoms. The third kappa shape index (κ3) is 2.24. The molecule has 71 valence electrons. The van der Waals surface area contributed by atoms with Gasteiger partial charge in [0.05, 0.1) is 6.54 Å². The maximum absolute atomic E-state index is 11.3. The summed E-state index contributed by atoms with van der Waals surface area (Å²) in [5, 5.41) is 5.49. The molecule has 0 aromatic carbocycles. The van der Waals surface area contributed by atoms with Gasteiger partial charge in [0, 0.05) is 11.2 Å². The summed E-state index contributed by atoms with van der Waals surface area (Å²) in [6.07, 6.45) is 3.15. The van der Waals surface area contributed by atoms with Crippen molar-refractivity contribution >= 4 is 22.8 Å². The summed E-state index contributed by atoms with van der Waals surface area (Å²) in [6, 6.07) is 0. The second-order valence-corrected chi connectivity index (χ2v) is 4.76. The van der Waals surface area contributed by atoms with E-state index in [1.54, 1.807) is 11.8 Å². The molecule has 2 aliphatic rings. The summed E-state index contributed by atoms with van der Waals surface area (Å²) in [7, 11) is 0. The smallest absolute Gasteiger partial charge is 0.251 e. The lowest BCUT2D eigenvalue weighted by Gasteiger charge is -1.97. The van der Waals surface area contributed by atoms with Crippen molar-refractivity contribution in [2.24, 2.45) is 10.9 Å². The second-order valence-electron chi connectivity index (χ2n) is 3.50. The van der Waals surface area contributed by atoms with E-state index >= 15 is 0 Å². The number of nitrogens with zero attached hydrogens (tertiary/aromatic N) is 2. The molecular weight excluding hydrogens is 184 g/mol. The van der Waals surface area contributed by atoms with E-state index in [4.69, 9.17) is 0 Å². The molecule has 0 aromatic heterocycles. The highest BCUT2D eigenvalue weighted by Crippen LogP contribution is 2.31. The number of amidine groups is 1. The molecule has 2 fully saturated rings. The molecule has 1 saturated heterocycles. The minimum atomic E-state index is 0.0444. The van der Waals surface area contributed by atoms with Gasteiger partial charge in [-0.05, 0) is 19.3 Å². The first-order valence-electron chi connectivity index (χ1n) is 4.76. The highest BCUT2D eigenvalue weighted by Gasteiger charge is 2.31. The third-order valence-corrected chi connectivity index (χ3v) is 3.54. The molecule has 4 heteroatoms. The van der Waals surface area contributed by atoms with Crippen molar-refractivity contribution in [2.75, 3.05) is 6.54 Å². The molecule has 0 N–H and O–H groups in total. The maximum atomic E-state index is 11.3. The Morgan fingerprint density at radius 1 is 1.69 bits per heavy atom. The monoisotopic (exact) mass is 197 g/mol. The lowest BCUT2D eigenvalue weighted by molar-refractivity contribution is -0.118. The molecule has 1 heterocycles. The Labute approximate surface area is 82.4 Å². The fourth-order valence-corrected chi connectivity index (χ4v) is 2.10. The van der Waals surface area contributed by atoms with Gasteiger partial charge < -0.3 is 0 Å². The normalized spacial score (nSPS) is 30.5. The molecule has 1 amide bonds. The first-order valence-corrected chi connectivity index (χ1v) is 5.64. The van der Waals surface area contributed by atoms with Crippen molar-refractivity contribution in [1.29, 1.82) is 0 Å². The molecule has 0 bridgehead atoms. The van der Waals surface area contributed by atoms with Crippen molar-refractivity contribution in [3.63, 3.8) is 0 Å². The quantitative estimate of drug-likeness (QED) is 0.671. The summed E-state index contributed by atoms with van der Waals surface area (Å²) >= 11 is 1.65. The zero-order valence-corrected chi connectivity index (χ0v) is 8.51. The van der Waals surface area contributed by atoms with Gasteiger partial charge in [-0.2, -0.15) is 4.99 Å². The number of rotatable bonds is 2. The Morgan fingerprint density at radius 2 is 2.46 bits per heavy atom. The molecule has 1 aliphatic heterocycles. The molecule has 3 nitrogen and oxygen atoms in total. The largest absolute Gasteiger partial charge is 0.272 e. The van der Waals surface area contributed by atoms with Crippen molar-refractivity contribution in [2.45, 2.75) is 31.4 Å². The van der Waals surface area contributed by atoms with Crippen LogP contribution < -0.4 is 5.32 Å². The summed E-state index contributed by atoms with van der Waals surface area (Å²) in [5.41, 5.74) is 0. The van der Waals surface area contributed by atoms with Crippen LogP contribution in [0.5, 0.6) is 0 Å². The molecule has 1 unspecified atom stereocenters. The van der Waals surface area contributed by atoms with E-state index in [1.165, 1.54) is 0 Å². The third-order valence-electron chi connectivity index (χ3n) is 2.29. The summed E-state index contributed by atoms with van der Waals surface area (Å²) in [4.78, 5) is 15.3. The number of carbonyl (C=O) groups is 1. The minimum absolute atomic E-state index is 0.0444. The van der Waals surface area contributed by atoms with Gasteiger partial charge in [0.2, 0.25) is 0 Å². The van der Waals surface area contributed by atoms with Crippen LogP contribution in [-0.2, 0) is 4.79 Å². The number of carbonyl (C=O) groups excluding carboxylic acids is 1. The van der Waals surface area contributed by atoms with Gasteiger partial charge in [-0.25, -0.2) is 0 Å². The van der Waals surface area contributed by atoms with Crippen molar-refractivity contribution in [3.8, 4) is 0 Å². The average Bonchev–Trinajstić information content (AvgIpc) is 2.88. The molecule has 0 spiro atoms. The van der Waals surface area contributed by atoms with Gasteiger partial charge in [0.1, 0.15) is 0 Å². The van der Waals surface area contributed by atoms with E-state index < -0.39 is 0 Å². The van der Waals surface area contributed by atoms with Crippen molar-refractivity contribution < 1.29 is 4.79 Å². The van der Waals surface area contributed by atoms with Crippen LogP contribution in [-0.4, -0.2) is 22.9 Å². The van der Waals surface area contributed by atoms with Crippen LogP contribution in [0.2, 0.25) is 0 Å². The lowest BCUT2D eigenvalue weighted by Crippen LogP contribution is -2.09. The van der Waals surface area contributed by atoms with Crippen molar-refractivity contribution in [3.05, 3.63) is 0 Å². The Balaban J connectivity index is 1.89. The highest BCUT2D eigenvalue weighted by atomic mass is 32.2. The van der Waals surface area contributed by atoms with Crippen LogP contribution in [0.15, 0.2) is 4.99 Å². The Hall–Kier alpha value is -0.510. The van der Waals surface area contributed by atoms with E-state index in [-0.39, 0.29) is 11.8 Å². The zero-order chi connectivity index (χ0) is 9.26. The van der Waals surface area contributed by atoms with Gasteiger partial charge in [-0.15, -0.1) is 0 Å². The van der Waals surface area contributed by atoms with Gasteiger partial charge in [0.25, 0.3) is 5.91 Å². The second kappa shape index (κ2) is 3.70. The summed E-state index contributed by atoms with van der Waals surface area (Å²) in [6.45, 7) is 2.97. The Kier molecular flexibility index (Phi) is 2.58. The predicted molar refractivity (Wildman–Crippen MR) is 53.8 cm³/mol. The van der Waals surface area contributed by atoms with Crippen LogP contribution in [0.3, 0.4) is 0 Å². The minimum Gasteiger partial charge on any atom is -0.272 e. The molecule has 1 saturated carbocycles. The molecule has 1 atom stereocenters. The fraction of sp³-hybridized carbons (Fsp3) is 0.778. The summed E-state index contributed by atoms with van der Waals surface area (Å²) in [5.74, 6) is 0.270. The molecule has 2 rings (SSSR count). The number of hydrogen-bond acceptors (Lipinski definition) is 2. The first-order chi connectivity index (χ1) is 6.29. The Bertz CT molecular complexity index is 248. The highest BCUT2D eigenvalue weighted by molar-refractivity contribution is 8.14. The van der Waals surface area contributed by atoms with Crippen LogP contribution in [0.1, 0.15) is 26.2 Å². The van der Waals surface area contributed by atoms with Crippen LogP contribution >= 0.6 is 11.8 Å². The van der Waals surface area contributed by atoms with E-state index in [9.17, 15) is 4.79 Å². The van der Waals surface area contributed by atoms with E-state index in [2.05, 4.69) is 17.2 Å². The van der Waals surface area contributed by atoms with E-state index in [0.29, 0.717) is 10.4 Å². The standard InChI is InChI=1S/C9H13N2OS/c1-2-7-5-10-9(13-7)11-8(12)6-3-4-6/h6-7H,2-5H2,1H3. The Morgan fingerprint density at radius 3 is 3.00 bits per heavy atom. The van der Waals surface area contributed by atoms with Crippen LogP contribution in [0.25, 0.3) is 0 Å². The van der Waals surface area contributed by atoms with Gasteiger partial charge in [-0.3, -0.25) is 10.1 Å². The SMILES string of the molecule is CCC1C[N]C(=NC(=O)C2CC2)S1. The number of thioether (sulfide) groups is 1. The van der Waals surface area contributed by atoms with E-state index in [0.717, 1.165) is 25.8 Å². The van der Waals surface area contributed by atoms with E-state index in [1.807, 2.05) is 0 Å². The average molecular weight is 197 g/mol. The van der Waals surface area contributed by atoms with Gasteiger partial charge in [-0.1, -0.05) is 18.7 Å². The molecular formula is C9H13N2OS. The predicted octanol–water partition coefficient (Wildman–Crippen LogP) is 1.41. The van der Waals surface area contributed by atoms with Crippen LogP contribution in [0, 0.1) is 5.92 Å². The zero-order valence-electron chi connectivity index (χ0n) is 7.69.